The summed E-state index contributed by atoms with van der Waals surface area (Å²) in [4.78, 5) is 11.6. The van der Waals surface area contributed by atoms with Crippen LogP contribution in [0.3, 0.4) is 0 Å². The molecule has 4 heteroatoms. The molecule has 0 aliphatic heterocycles. The third kappa shape index (κ3) is 3.11. The van der Waals surface area contributed by atoms with Crippen LogP contribution in [0.25, 0.3) is 0 Å². The summed E-state index contributed by atoms with van der Waals surface area (Å²) in [6.07, 6.45) is 3.54. The molecule has 1 fully saturated rings. The second kappa shape index (κ2) is 5.87. The van der Waals surface area contributed by atoms with E-state index in [0.29, 0.717) is 12.3 Å². The Bertz CT molecular complexity index is 243. The van der Waals surface area contributed by atoms with Crippen LogP contribution in [0.15, 0.2) is 0 Å². The van der Waals surface area contributed by atoms with E-state index in [1.165, 1.54) is 0 Å². The number of carbonyl (C=O) groups excluding carboxylic acids is 1. The van der Waals surface area contributed by atoms with Gasteiger partial charge in [-0.2, -0.15) is 0 Å². The van der Waals surface area contributed by atoms with Gasteiger partial charge in [0.15, 0.2) is 0 Å². The van der Waals surface area contributed by atoms with E-state index in [1.807, 2.05) is 0 Å². The minimum atomic E-state index is 0.0525. The molecule has 0 saturated heterocycles. The van der Waals surface area contributed by atoms with E-state index in [-0.39, 0.29) is 23.5 Å². The summed E-state index contributed by atoms with van der Waals surface area (Å²) in [7, 11) is 1.73. The van der Waals surface area contributed by atoms with Crippen molar-refractivity contribution in [1.29, 1.82) is 0 Å². The van der Waals surface area contributed by atoms with E-state index in [1.54, 1.807) is 7.11 Å². The van der Waals surface area contributed by atoms with Crippen LogP contribution in [0.4, 0.5) is 0 Å². The number of nitrogens with one attached hydrogen (secondary N) is 1. The van der Waals surface area contributed by atoms with Gasteiger partial charge in [-0.05, 0) is 19.3 Å². The van der Waals surface area contributed by atoms with Gasteiger partial charge >= 0.3 is 0 Å². The van der Waals surface area contributed by atoms with E-state index in [0.717, 1.165) is 19.3 Å². The highest BCUT2D eigenvalue weighted by atomic mass is 35.5. The van der Waals surface area contributed by atoms with E-state index < -0.39 is 0 Å². The summed E-state index contributed by atoms with van der Waals surface area (Å²) in [5.74, 6) is 0.770. The van der Waals surface area contributed by atoms with E-state index in [9.17, 15) is 4.79 Å². The Balaban J connectivity index is 2.26. The second-order valence-corrected chi connectivity index (χ2v) is 5.43. The molecule has 1 N–H and O–H groups in total. The molecule has 16 heavy (non-hydrogen) atoms. The van der Waals surface area contributed by atoms with Crippen LogP contribution in [0.5, 0.6) is 0 Å². The van der Waals surface area contributed by atoms with Crippen LogP contribution in [0.2, 0.25) is 0 Å². The first-order valence-corrected chi connectivity index (χ1v) is 6.44. The Kier molecular flexibility index (Phi) is 5.06. The fraction of sp³-hybridized carbons (Fsp3) is 0.917. The van der Waals surface area contributed by atoms with Gasteiger partial charge in [0, 0.05) is 30.9 Å². The topological polar surface area (TPSA) is 38.3 Å². The molecule has 2 unspecified atom stereocenters. The van der Waals surface area contributed by atoms with Gasteiger partial charge in [-0.25, -0.2) is 0 Å². The maximum absolute atomic E-state index is 11.6. The van der Waals surface area contributed by atoms with Gasteiger partial charge in [0.2, 0.25) is 5.91 Å². The number of unbranched alkanes of at least 4 members (excludes halogenated alkanes) is 1. The third-order valence-electron chi connectivity index (χ3n) is 3.58. The average molecular weight is 248 g/mol. The lowest BCUT2D eigenvalue weighted by Crippen LogP contribution is -2.61. The summed E-state index contributed by atoms with van der Waals surface area (Å²) in [6, 6.07) is 0.251. The number of halogens is 1. The Morgan fingerprint density at radius 1 is 1.50 bits per heavy atom. The van der Waals surface area contributed by atoms with Crippen LogP contribution >= 0.6 is 11.6 Å². The van der Waals surface area contributed by atoms with Gasteiger partial charge in [-0.15, -0.1) is 11.6 Å². The molecule has 0 aromatic heterocycles. The zero-order valence-corrected chi connectivity index (χ0v) is 11.1. The number of hydrogen-bond acceptors (Lipinski definition) is 2. The number of alkyl halides is 1. The molecular formula is C12H22ClNO2. The summed E-state index contributed by atoms with van der Waals surface area (Å²) in [5, 5.41) is 3.07. The lowest BCUT2D eigenvalue weighted by atomic mass is 9.64. The molecule has 0 aromatic rings. The predicted octanol–water partition coefficient (Wildman–Crippen LogP) is 2.33. The van der Waals surface area contributed by atoms with E-state index in [2.05, 4.69) is 19.2 Å². The zero-order chi connectivity index (χ0) is 12.2. The summed E-state index contributed by atoms with van der Waals surface area (Å²) in [5.41, 5.74) is 0.0525. The maximum Gasteiger partial charge on any atom is 0.220 e. The van der Waals surface area contributed by atoms with Crippen molar-refractivity contribution in [2.24, 2.45) is 5.41 Å². The highest BCUT2D eigenvalue weighted by Gasteiger charge is 2.49. The molecule has 0 radical (unpaired) electrons. The average Bonchev–Trinajstić information content (AvgIpc) is 2.24. The standard InChI is InChI=1S/C12H22ClNO2/c1-12(2)9(8-10(12)16-3)14-11(15)6-4-5-7-13/h9-10H,4-8H2,1-3H3,(H,14,15). The van der Waals surface area contributed by atoms with Crippen LogP contribution in [0.1, 0.15) is 39.5 Å². The Hall–Kier alpha value is -0.280. The number of methoxy groups -OCH3 is 1. The molecule has 2 atom stereocenters. The first kappa shape index (κ1) is 13.8. The van der Waals surface area contributed by atoms with Crippen LogP contribution < -0.4 is 5.32 Å². The van der Waals surface area contributed by atoms with Crippen molar-refractivity contribution in [3.63, 3.8) is 0 Å². The zero-order valence-electron chi connectivity index (χ0n) is 10.4. The molecule has 1 saturated carbocycles. The Morgan fingerprint density at radius 2 is 2.19 bits per heavy atom. The second-order valence-electron chi connectivity index (χ2n) is 5.05. The quantitative estimate of drug-likeness (QED) is 0.578. The van der Waals surface area contributed by atoms with Crippen LogP contribution in [0, 0.1) is 5.41 Å². The summed E-state index contributed by atoms with van der Waals surface area (Å²) in [6.45, 7) is 4.27. The first-order valence-electron chi connectivity index (χ1n) is 5.90. The normalized spacial score (nSPS) is 27.2. The number of rotatable bonds is 6. The number of ether oxygens (including phenoxy) is 1. The van der Waals surface area contributed by atoms with E-state index >= 15 is 0 Å². The molecular weight excluding hydrogens is 226 g/mol. The van der Waals surface area contributed by atoms with Crippen LogP contribution in [-0.2, 0) is 9.53 Å². The minimum absolute atomic E-state index is 0.0525. The lowest BCUT2D eigenvalue weighted by molar-refractivity contribution is -0.132. The largest absolute Gasteiger partial charge is 0.381 e. The molecule has 1 rings (SSSR count). The summed E-state index contributed by atoms with van der Waals surface area (Å²) >= 11 is 5.56. The van der Waals surface area contributed by atoms with Gasteiger partial charge < -0.3 is 10.1 Å². The van der Waals surface area contributed by atoms with Crippen molar-refractivity contribution >= 4 is 17.5 Å². The molecule has 94 valence electrons. The van der Waals surface area contributed by atoms with Gasteiger partial charge in [0.1, 0.15) is 0 Å². The van der Waals surface area contributed by atoms with Gasteiger partial charge in [-0.3, -0.25) is 4.79 Å². The van der Waals surface area contributed by atoms with Crippen molar-refractivity contribution in [2.45, 2.75) is 51.7 Å². The molecule has 0 bridgehead atoms. The molecule has 0 heterocycles. The van der Waals surface area contributed by atoms with Crippen molar-refractivity contribution in [3.8, 4) is 0 Å². The van der Waals surface area contributed by atoms with Crippen molar-refractivity contribution in [1.82, 2.24) is 5.32 Å². The summed E-state index contributed by atoms with van der Waals surface area (Å²) < 4.78 is 5.34. The van der Waals surface area contributed by atoms with Crippen LogP contribution in [-0.4, -0.2) is 31.0 Å². The van der Waals surface area contributed by atoms with Gasteiger partial charge in [0.05, 0.1) is 6.10 Å². The van der Waals surface area contributed by atoms with Gasteiger partial charge in [0.25, 0.3) is 0 Å². The fourth-order valence-electron chi connectivity index (χ4n) is 2.18. The number of carbonyl (C=O) groups is 1. The van der Waals surface area contributed by atoms with Crippen molar-refractivity contribution in [3.05, 3.63) is 0 Å². The lowest BCUT2D eigenvalue weighted by Gasteiger charge is -2.51. The Labute approximate surface area is 103 Å². The molecule has 1 aliphatic carbocycles. The Morgan fingerprint density at radius 3 is 2.69 bits per heavy atom. The molecule has 3 nitrogen and oxygen atoms in total. The van der Waals surface area contributed by atoms with E-state index in [4.69, 9.17) is 16.3 Å². The molecule has 0 spiro atoms. The molecule has 0 aromatic carbocycles. The number of amides is 1. The molecule has 1 amide bonds. The van der Waals surface area contributed by atoms with Gasteiger partial charge in [-0.1, -0.05) is 13.8 Å². The highest BCUT2D eigenvalue weighted by molar-refractivity contribution is 6.17. The molecule has 1 aliphatic rings. The fourth-order valence-corrected chi connectivity index (χ4v) is 2.37. The highest BCUT2D eigenvalue weighted by Crippen LogP contribution is 2.42. The van der Waals surface area contributed by atoms with Crippen molar-refractivity contribution in [2.75, 3.05) is 13.0 Å². The number of hydrogen-bond donors (Lipinski definition) is 1. The minimum Gasteiger partial charge on any atom is -0.381 e. The predicted molar refractivity (Wildman–Crippen MR) is 65.7 cm³/mol. The first-order chi connectivity index (χ1) is 7.52. The van der Waals surface area contributed by atoms with Crippen molar-refractivity contribution < 1.29 is 9.53 Å². The maximum atomic E-state index is 11.6. The third-order valence-corrected chi connectivity index (χ3v) is 3.85. The SMILES string of the molecule is COC1CC(NC(=O)CCCCCl)C1(C)C. The smallest absolute Gasteiger partial charge is 0.220 e. The monoisotopic (exact) mass is 247 g/mol.